The maximum absolute atomic E-state index is 12.9. The van der Waals surface area contributed by atoms with Crippen molar-refractivity contribution >= 4 is 44.4 Å². The number of carbonyl (C=O) groups is 1. The molecule has 2 N–H and O–H groups in total. The summed E-state index contributed by atoms with van der Waals surface area (Å²) in [4.78, 5) is 27.9. The molecule has 0 unspecified atom stereocenters. The molecule has 1 aliphatic heterocycles. The number of nitrogens with zero attached hydrogens (tertiary/aromatic N) is 4. The smallest absolute Gasteiger partial charge is 0.270 e. The third kappa shape index (κ3) is 3.18. The van der Waals surface area contributed by atoms with E-state index in [2.05, 4.69) is 25.9 Å². The lowest BCUT2D eigenvalue weighted by molar-refractivity contribution is -0.132. The van der Waals surface area contributed by atoms with E-state index in [9.17, 15) is 4.79 Å². The Bertz CT molecular complexity index is 1400. The SMILES string of the molecule is CN1C(=O)C(C)(C)Oc2cccc(-c3cc(-c4cccc(Br)c4)c4c(N)ncnc4n3)c21. The van der Waals surface area contributed by atoms with E-state index in [-0.39, 0.29) is 5.91 Å². The summed E-state index contributed by atoms with van der Waals surface area (Å²) >= 11 is 3.54. The first-order valence-corrected chi connectivity index (χ1v) is 10.8. The number of likely N-dealkylation sites (N-methyl/N-ethyl adjacent to an activating group) is 1. The number of halogens is 1. The van der Waals surface area contributed by atoms with Gasteiger partial charge in [-0.1, -0.05) is 40.2 Å². The van der Waals surface area contributed by atoms with E-state index in [1.165, 1.54) is 6.33 Å². The topological polar surface area (TPSA) is 94.2 Å². The quantitative estimate of drug-likeness (QED) is 0.432. The van der Waals surface area contributed by atoms with Gasteiger partial charge in [-0.15, -0.1) is 0 Å². The second-order valence-electron chi connectivity index (χ2n) is 8.15. The van der Waals surface area contributed by atoms with Crippen LogP contribution < -0.4 is 15.4 Å². The van der Waals surface area contributed by atoms with Crippen molar-refractivity contribution < 1.29 is 9.53 Å². The Morgan fingerprint density at radius 2 is 1.84 bits per heavy atom. The van der Waals surface area contributed by atoms with E-state index < -0.39 is 5.60 Å². The van der Waals surface area contributed by atoms with Gasteiger partial charge >= 0.3 is 0 Å². The number of nitrogen functional groups attached to an aromatic ring is 1. The highest BCUT2D eigenvalue weighted by molar-refractivity contribution is 9.10. The highest BCUT2D eigenvalue weighted by atomic mass is 79.9. The molecule has 2 aromatic heterocycles. The average Bonchev–Trinajstić information content (AvgIpc) is 2.76. The summed E-state index contributed by atoms with van der Waals surface area (Å²) in [5.41, 5.74) is 9.66. The molecule has 2 aromatic carbocycles. The molecule has 8 heteroatoms. The molecule has 7 nitrogen and oxygen atoms in total. The summed E-state index contributed by atoms with van der Waals surface area (Å²) in [6, 6.07) is 15.6. The van der Waals surface area contributed by atoms with Crippen LogP contribution in [0.1, 0.15) is 13.8 Å². The summed E-state index contributed by atoms with van der Waals surface area (Å²) in [7, 11) is 1.76. The number of amides is 1. The molecule has 4 aromatic rings. The van der Waals surface area contributed by atoms with Gasteiger partial charge in [0.1, 0.15) is 17.9 Å². The van der Waals surface area contributed by atoms with Crippen molar-refractivity contribution in [3.05, 3.63) is 59.3 Å². The van der Waals surface area contributed by atoms with Crippen molar-refractivity contribution in [1.29, 1.82) is 0 Å². The Kier molecular flexibility index (Phi) is 4.63. The van der Waals surface area contributed by atoms with Crippen molar-refractivity contribution in [1.82, 2.24) is 15.0 Å². The van der Waals surface area contributed by atoms with Crippen molar-refractivity contribution in [2.45, 2.75) is 19.4 Å². The van der Waals surface area contributed by atoms with Crippen LogP contribution in [0.5, 0.6) is 5.75 Å². The molecule has 0 fully saturated rings. The molecule has 0 saturated carbocycles. The molecule has 160 valence electrons. The van der Waals surface area contributed by atoms with Crippen molar-refractivity contribution in [3.8, 4) is 28.1 Å². The molecule has 0 spiro atoms. The van der Waals surface area contributed by atoms with Crippen LogP contribution in [-0.4, -0.2) is 33.5 Å². The first-order valence-electron chi connectivity index (χ1n) is 10.0. The number of hydrogen-bond acceptors (Lipinski definition) is 6. The number of pyridine rings is 1. The van der Waals surface area contributed by atoms with Gasteiger partial charge < -0.3 is 15.4 Å². The van der Waals surface area contributed by atoms with Gasteiger partial charge in [-0.3, -0.25) is 4.79 Å². The second kappa shape index (κ2) is 7.27. The van der Waals surface area contributed by atoms with Gasteiger partial charge in [0.15, 0.2) is 11.2 Å². The molecule has 32 heavy (non-hydrogen) atoms. The zero-order valence-corrected chi connectivity index (χ0v) is 19.3. The Hall–Kier alpha value is -3.52. The lowest BCUT2D eigenvalue weighted by Crippen LogP contribution is -2.51. The molecule has 1 aliphatic rings. The second-order valence-corrected chi connectivity index (χ2v) is 9.07. The molecule has 0 aliphatic carbocycles. The highest BCUT2D eigenvalue weighted by Crippen LogP contribution is 2.44. The van der Waals surface area contributed by atoms with Gasteiger partial charge in [0, 0.05) is 17.1 Å². The van der Waals surface area contributed by atoms with Gasteiger partial charge in [0.05, 0.1) is 16.8 Å². The van der Waals surface area contributed by atoms with Crippen LogP contribution in [0.2, 0.25) is 0 Å². The van der Waals surface area contributed by atoms with Crippen molar-refractivity contribution in [3.63, 3.8) is 0 Å². The number of anilines is 2. The lowest BCUT2D eigenvalue weighted by atomic mass is 9.97. The first kappa shape index (κ1) is 20.4. The number of nitrogens with two attached hydrogens (primary N) is 1. The predicted octanol–water partition coefficient (Wildman–Crippen LogP) is 4.84. The van der Waals surface area contributed by atoms with Gasteiger partial charge in [-0.05, 0) is 49.2 Å². The van der Waals surface area contributed by atoms with E-state index >= 15 is 0 Å². The summed E-state index contributed by atoms with van der Waals surface area (Å²) in [6.07, 6.45) is 1.40. The van der Waals surface area contributed by atoms with Gasteiger partial charge in [-0.25, -0.2) is 15.0 Å². The number of benzene rings is 2. The zero-order chi connectivity index (χ0) is 22.6. The number of ether oxygens (including phenoxy) is 1. The van der Waals surface area contributed by atoms with Gasteiger partial charge in [-0.2, -0.15) is 0 Å². The Labute approximate surface area is 193 Å². The average molecular weight is 490 g/mol. The van der Waals surface area contributed by atoms with Crippen LogP contribution in [0.15, 0.2) is 59.3 Å². The molecule has 0 atom stereocenters. The molecule has 0 radical (unpaired) electrons. The summed E-state index contributed by atoms with van der Waals surface area (Å²) in [6.45, 7) is 3.53. The fraction of sp³-hybridized carbons (Fsp3) is 0.167. The van der Waals surface area contributed by atoms with Crippen LogP contribution in [-0.2, 0) is 4.79 Å². The van der Waals surface area contributed by atoms with Crippen LogP contribution >= 0.6 is 15.9 Å². The molecule has 3 heterocycles. The molecular formula is C24H20BrN5O2. The van der Waals surface area contributed by atoms with E-state index in [0.29, 0.717) is 34.0 Å². The minimum atomic E-state index is -0.944. The van der Waals surface area contributed by atoms with E-state index in [1.54, 1.807) is 25.8 Å². The zero-order valence-electron chi connectivity index (χ0n) is 17.8. The lowest BCUT2D eigenvalue weighted by Gasteiger charge is -2.37. The Morgan fingerprint density at radius 1 is 1.06 bits per heavy atom. The first-order chi connectivity index (χ1) is 15.3. The third-order valence-corrected chi connectivity index (χ3v) is 6.06. The molecule has 0 saturated heterocycles. The number of aromatic nitrogens is 3. The number of fused-ring (bicyclic) bond motifs is 2. The monoisotopic (exact) mass is 489 g/mol. The van der Waals surface area contributed by atoms with Crippen LogP contribution in [0.4, 0.5) is 11.5 Å². The molecule has 1 amide bonds. The molecule has 5 rings (SSSR count). The Morgan fingerprint density at radius 3 is 2.62 bits per heavy atom. The van der Waals surface area contributed by atoms with E-state index in [0.717, 1.165) is 21.2 Å². The van der Waals surface area contributed by atoms with Crippen LogP contribution in [0, 0.1) is 0 Å². The largest absolute Gasteiger partial charge is 0.476 e. The predicted molar refractivity (Wildman–Crippen MR) is 128 cm³/mol. The maximum Gasteiger partial charge on any atom is 0.270 e. The maximum atomic E-state index is 12.9. The molecular weight excluding hydrogens is 470 g/mol. The number of rotatable bonds is 2. The number of hydrogen-bond donors (Lipinski definition) is 1. The van der Waals surface area contributed by atoms with Crippen LogP contribution in [0.3, 0.4) is 0 Å². The standard InChI is InChI=1S/C24H20BrN5O2/c1-24(2)23(31)30(3)20-15(8-5-9-18(20)32-24)17-11-16(13-6-4-7-14(25)10-13)19-21(26)27-12-28-22(19)29-17/h4-12H,1-3H3,(H2,26,27,28,29). The minimum absolute atomic E-state index is 0.128. The van der Waals surface area contributed by atoms with Crippen LogP contribution in [0.25, 0.3) is 33.4 Å². The van der Waals surface area contributed by atoms with E-state index in [4.69, 9.17) is 15.5 Å². The third-order valence-electron chi connectivity index (χ3n) is 5.56. The normalized spacial score (nSPS) is 14.9. The van der Waals surface area contributed by atoms with Gasteiger partial charge in [0.2, 0.25) is 0 Å². The fourth-order valence-corrected chi connectivity index (χ4v) is 4.49. The number of para-hydroxylation sites is 1. The summed E-state index contributed by atoms with van der Waals surface area (Å²) in [5, 5.41) is 0.681. The van der Waals surface area contributed by atoms with Gasteiger partial charge in [0.25, 0.3) is 5.91 Å². The highest BCUT2D eigenvalue weighted by Gasteiger charge is 2.40. The summed E-state index contributed by atoms with van der Waals surface area (Å²) in [5.74, 6) is 0.858. The Balaban J connectivity index is 1.80. The minimum Gasteiger partial charge on any atom is -0.476 e. The molecule has 0 bridgehead atoms. The number of carbonyl (C=O) groups excluding carboxylic acids is 1. The fourth-order valence-electron chi connectivity index (χ4n) is 4.09. The van der Waals surface area contributed by atoms with E-state index in [1.807, 2.05) is 48.5 Å². The van der Waals surface area contributed by atoms with Crippen molar-refractivity contribution in [2.75, 3.05) is 17.7 Å². The summed E-state index contributed by atoms with van der Waals surface area (Å²) < 4.78 is 6.97. The van der Waals surface area contributed by atoms with Crippen molar-refractivity contribution in [2.24, 2.45) is 0 Å².